The van der Waals surface area contributed by atoms with Crippen LogP contribution in [0.15, 0.2) is 42.5 Å². The highest BCUT2D eigenvalue weighted by Gasteiger charge is 2.35. The lowest BCUT2D eigenvalue weighted by Crippen LogP contribution is -2.47. The van der Waals surface area contributed by atoms with E-state index in [-0.39, 0.29) is 30.2 Å². The Hall–Kier alpha value is -2.73. The van der Waals surface area contributed by atoms with Crippen LogP contribution < -0.4 is 10.6 Å². The lowest BCUT2D eigenvalue weighted by molar-refractivity contribution is -0.128. The van der Waals surface area contributed by atoms with Crippen molar-refractivity contribution in [2.24, 2.45) is 0 Å². The molecule has 0 unspecified atom stereocenters. The van der Waals surface area contributed by atoms with Gasteiger partial charge < -0.3 is 10.6 Å². The zero-order valence-corrected chi connectivity index (χ0v) is 17.2. The fraction of sp³-hybridized carbons (Fsp3) is 0.391. The van der Waals surface area contributed by atoms with Gasteiger partial charge in [-0.25, -0.2) is 4.39 Å². The molecule has 1 saturated carbocycles. The van der Waals surface area contributed by atoms with E-state index in [2.05, 4.69) is 15.5 Å². The summed E-state index contributed by atoms with van der Waals surface area (Å²) in [5.74, 6) is -0.706. The maximum atomic E-state index is 13.1. The Morgan fingerprint density at radius 2 is 1.72 bits per heavy atom. The first-order valence-corrected chi connectivity index (χ1v) is 9.99. The molecule has 5 nitrogen and oxygen atoms in total. The highest BCUT2D eigenvalue weighted by molar-refractivity contribution is 5.96. The molecule has 3 rings (SSSR count). The molecule has 1 atom stereocenters. The molecular formula is C23H28FN3O2. The molecule has 154 valence electrons. The van der Waals surface area contributed by atoms with Crippen LogP contribution in [0.1, 0.15) is 36.5 Å². The van der Waals surface area contributed by atoms with Crippen LogP contribution in [0.3, 0.4) is 0 Å². The van der Waals surface area contributed by atoms with Gasteiger partial charge in [-0.1, -0.05) is 30.3 Å². The van der Waals surface area contributed by atoms with Gasteiger partial charge in [0.25, 0.3) is 0 Å². The third-order valence-electron chi connectivity index (χ3n) is 5.34. The minimum atomic E-state index is -0.374. The number of carbonyl (C=O) groups is 2. The van der Waals surface area contributed by atoms with Crippen molar-refractivity contribution in [3.8, 4) is 0 Å². The van der Waals surface area contributed by atoms with E-state index in [0.29, 0.717) is 12.6 Å². The first kappa shape index (κ1) is 21.0. The second kappa shape index (κ2) is 9.18. The minimum Gasteiger partial charge on any atom is -0.346 e. The van der Waals surface area contributed by atoms with Crippen molar-refractivity contribution in [3.05, 3.63) is 65.0 Å². The van der Waals surface area contributed by atoms with E-state index >= 15 is 0 Å². The summed E-state index contributed by atoms with van der Waals surface area (Å²) in [5, 5.41) is 5.63. The van der Waals surface area contributed by atoms with Gasteiger partial charge >= 0.3 is 0 Å². The summed E-state index contributed by atoms with van der Waals surface area (Å²) in [5.41, 5.74) is 3.72. The summed E-state index contributed by atoms with van der Waals surface area (Å²) in [6.07, 6.45) is 2.09. The van der Waals surface area contributed by atoms with Gasteiger partial charge in [0.1, 0.15) is 5.82 Å². The predicted molar refractivity (Wildman–Crippen MR) is 112 cm³/mol. The van der Waals surface area contributed by atoms with Crippen LogP contribution in [0.25, 0.3) is 0 Å². The maximum Gasteiger partial charge on any atom is 0.243 e. The quantitative estimate of drug-likeness (QED) is 0.716. The van der Waals surface area contributed by atoms with Crippen LogP contribution in [0.2, 0.25) is 0 Å². The van der Waals surface area contributed by atoms with Crippen molar-refractivity contribution >= 4 is 17.5 Å². The average molecular weight is 397 g/mol. The molecular weight excluding hydrogens is 369 g/mol. The molecule has 1 aliphatic carbocycles. The van der Waals surface area contributed by atoms with Crippen molar-refractivity contribution in [2.75, 3.05) is 11.9 Å². The third kappa shape index (κ3) is 5.64. The van der Waals surface area contributed by atoms with E-state index in [1.165, 1.54) is 12.1 Å². The van der Waals surface area contributed by atoms with Gasteiger partial charge in [0.05, 0.1) is 12.6 Å². The number of halogens is 1. The molecule has 1 aliphatic rings. The van der Waals surface area contributed by atoms with E-state index in [1.54, 1.807) is 12.1 Å². The Morgan fingerprint density at radius 3 is 2.31 bits per heavy atom. The fourth-order valence-corrected chi connectivity index (χ4v) is 3.45. The zero-order chi connectivity index (χ0) is 21.0. The van der Waals surface area contributed by atoms with Crippen molar-refractivity contribution in [3.63, 3.8) is 0 Å². The molecule has 2 aromatic carbocycles. The van der Waals surface area contributed by atoms with Crippen LogP contribution in [-0.4, -0.2) is 35.3 Å². The summed E-state index contributed by atoms with van der Waals surface area (Å²) < 4.78 is 13.1. The zero-order valence-electron chi connectivity index (χ0n) is 17.2. The van der Waals surface area contributed by atoms with Gasteiger partial charge in [0.15, 0.2) is 0 Å². The van der Waals surface area contributed by atoms with Crippen LogP contribution in [-0.2, 0) is 16.1 Å². The number of para-hydroxylation sites is 1. The first-order valence-electron chi connectivity index (χ1n) is 9.99. The summed E-state index contributed by atoms with van der Waals surface area (Å²) >= 11 is 0. The molecule has 0 aliphatic heterocycles. The summed E-state index contributed by atoms with van der Waals surface area (Å²) in [7, 11) is 0. The Balaban J connectivity index is 1.55. The number of aryl methyl sites for hydroxylation is 2. The molecule has 6 heteroatoms. The van der Waals surface area contributed by atoms with Crippen molar-refractivity contribution in [1.82, 2.24) is 10.2 Å². The van der Waals surface area contributed by atoms with Crippen molar-refractivity contribution < 1.29 is 14.0 Å². The first-order chi connectivity index (χ1) is 13.8. The Kier molecular flexibility index (Phi) is 6.64. The molecule has 0 heterocycles. The molecule has 2 amide bonds. The van der Waals surface area contributed by atoms with E-state index in [0.717, 1.165) is 35.2 Å². The second-order valence-corrected chi connectivity index (χ2v) is 7.74. The number of benzene rings is 2. The number of carbonyl (C=O) groups excluding carboxylic acids is 2. The number of hydrogen-bond acceptors (Lipinski definition) is 3. The van der Waals surface area contributed by atoms with Gasteiger partial charge in [-0.15, -0.1) is 0 Å². The van der Waals surface area contributed by atoms with Crippen molar-refractivity contribution in [2.45, 2.75) is 52.2 Å². The molecule has 0 spiro atoms. The normalized spacial score (nSPS) is 14.5. The number of amides is 2. The predicted octanol–water partition coefficient (Wildman–Crippen LogP) is 3.55. The molecule has 1 fully saturated rings. The van der Waals surface area contributed by atoms with Crippen LogP contribution in [0, 0.1) is 19.7 Å². The van der Waals surface area contributed by atoms with Crippen LogP contribution in [0.5, 0.6) is 0 Å². The Bertz CT molecular complexity index is 858. The Labute approximate surface area is 171 Å². The third-order valence-corrected chi connectivity index (χ3v) is 5.34. The van der Waals surface area contributed by atoms with Gasteiger partial charge in [-0.05, 0) is 62.4 Å². The molecule has 0 radical (unpaired) electrons. The summed E-state index contributed by atoms with van der Waals surface area (Å²) in [6.45, 7) is 6.22. The SMILES string of the molecule is Cc1cccc(C)c1NC(=O)CNC(=O)[C@H](C)N(Cc1ccc(F)cc1)C1CC1. The number of hydrogen-bond donors (Lipinski definition) is 2. The minimum absolute atomic E-state index is 0.0774. The monoisotopic (exact) mass is 397 g/mol. The maximum absolute atomic E-state index is 13.1. The Morgan fingerprint density at radius 1 is 1.10 bits per heavy atom. The molecule has 0 aromatic heterocycles. The van der Waals surface area contributed by atoms with Gasteiger partial charge in [0, 0.05) is 18.3 Å². The van der Waals surface area contributed by atoms with Crippen molar-refractivity contribution in [1.29, 1.82) is 0 Å². The standard InChI is InChI=1S/C23H28FN3O2/c1-15-5-4-6-16(2)22(15)26-21(28)13-25-23(29)17(3)27(20-11-12-20)14-18-7-9-19(24)10-8-18/h4-10,17,20H,11-14H2,1-3H3,(H,25,29)(H,26,28)/t17-/m0/s1. The second-order valence-electron chi connectivity index (χ2n) is 7.74. The van der Waals surface area contributed by atoms with E-state index in [9.17, 15) is 14.0 Å². The van der Waals surface area contributed by atoms with Gasteiger partial charge in [-0.2, -0.15) is 0 Å². The topological polar surface area (TPSA) is 61.4 Å². The highest BCUT2D eigenvalue weighted by Crippen LogP contribution is 2.30. The van der Waals surface area contributed by atoms with E-state index < -0.39 is 0 Å². The number of anilines is 1. The van der Waals surface area contributed by atoms with Crippen LogP contribution >= 0.6 is 0 Å². The lowest BCUT2D eigenvalue weighted by Gasteiger charge is -2.28. The summed E-state index contributed by atoms with van der Waals surface area (Å²) in [6, 6.07) is 12.1. The number of nitrogens with zero attached hydrogens (tertiary/aromatic N) is 1. The number of nitrogens with one attached hydrogen (secondary N) is 2. The largest absolute Gasteiger partial charge is 0.346 e. The van der Waals surface area contributed by atoms with E-state index in [1.807, 2.05) is 39.0 Å². The van der Waals surface area contributed by atoms with E-state index in [4.69, 9.17) is 0 Å². The average Bonchev–Trinajstić information content (AvgIpc) is 3.53. The molecule has 29 heavy (non-hydrogen) atoms. The highest BCUT2D eigenvalue weighted by atomic mass is 19.1. The summed E-state index contributed by atoms with van der Waals surface area (Å²) in [4.78, 5) is 27.1. The molecule has 2 N–H and O–H groups in total. The smallest absolute Gasteiger partial charge is 0.243 e. The number of rotatable bonds is 8. The molecule has 2 aromatic rings. The van der Waals surface area contributed by atoms with Gasteiger partial charge in [-0.3, -0.25) is 14.5 Å². The fourth-order valence-electron chi connectivity index (χ4n) is 3.45. The van der Waals surface area contributed by atoms with Gasteiger partial charge in [0.2, 0.25) is 11.8 Å². The lowest BCUT2D eigenvalue weighted by atomic mass is 10.1. The molecule has 0 bridgehead atoms. The molecule has 0 saturated heterocycles. The van der Waals surface area contributed by atoms with Crippen LogP contribution in [0.4, 0.5) is 10.1 Å².